The van der Waals surface area contributed by atoms with Crippen LogP contribution >= 0.6 is 0 Å². The number of aromatic nitrogens is 2. The number of H-pyrrole nitrogens is 1. The van der Waals surface area contributed by atoms with Gasteiger partial charge in [0.25, 0.3) is 5.91 Å². The number of likely N-dealkylation sites (tertiary alicyclic amines) is 1. The van der Waals surface area contributed by atoms with Gasteiger partial charge in [-0.05, 0) is 39.5 Å². The van der Waals surface area contributed by atoms with Gasteiger partial charge in [0, 0.05) is 24.2 Å². The minimum atomic E-state index is -0.250. The molecule has 2 atom stereocenters. The number of nitrogens with one attached hydrogen (secondary N) is 1. The molecule has 20 heavy (non-hydrogen) atoms. The number of amides is 1. The lowest BCUT2D eigenvalue weighted by atomic mass is 9.76. The Balaban J connectivity index is 1.80. The topological polar surface area (TPSA) is 69.2 Å². The van der Waals surface area contributed by atoms with Gasteiger partial charge in [-0.1, -0.05) is 6.42 Å². The van der Waals surface area contributed by atoms with Crippen molar-refractivity contribution in [1.29, 1.82) is 0 Å². The first-order chi connectivity index (χ1) is 9.52. The van der Waals surface area contributed by atoms with Crippen molar-refractivity contribution in [2.75, 3.05) is 13.1 Å². The van der Waals surface area contributed by atoms with Gasteiger partial charge >= 0.3 is 0 Å². The van der Waals surface area contributed by atoms with Crippen LogP contribution in [0.25, 0.3) is 0 Å². The monoisotopic (exact) mass is 277 g/mol. The Hall–Kier alpha value is -1.36. The summed E-state index contributed by atoms with van der Waals surface area (Å²) in [6.07, 6.45) is 4.75. The van der Waals surface area contributed by atoms with E-state index in [-0.39, 0.29) is 17.4 Å². The molecule has 1 aliphatic carbocycles. The summed E-state index contributed by atoms with van der Waals surface area (Å²) in [4.78, 5) is 21.9. The normalized spacial score (nSPS) is 30.1. The van der Waals surface area contributed by atoms with Crippen molar-refractivity contribution < 1.29 is 9.90 Å². The highest BCUT2D eigenvalue weighted by atomic mass is 16.3. The lowest BCUT2D eigenvalue weighted by Crippen LogP contribution is -2.49. The number of carbonyl (C=O) groups excluding carboxylic acids is 1. The Labute approximate surface area is 119 Å². The number of nitrogens with zero attached hydrogens (tertiary/aromatic N) is 2. The molecule has 5 nitrogen and oxygen atoms in total. The van der Waals surface area contributed by atoms with Gasteiger partial charge < -0.3 is 15.0 Å². The fourth-order valence-corrected chi connectivity index (χ4v) is 3.90. The molecule has 2 N–H and O–H groups in total. The van der Waals surface area contributed by atoms with Crippen molar-refractivity contribution in [2.24, 2.45) is 5.41 Å². The van der Waals surface area contributed by atoms with Crippen molar-refractivity contribution in [3.05, 3.63) is 17.2 Å². The summed E-state index contributed by atoms with van der Waals surface area (Å²) in [6.45, 7) is 5.20. The third-order valence-corrected chi connectivity index (χ3v) is 4.96. The Morgan fingerprint density at radius 1 is 1.40 bits per heavy atom. The molecule has 1 saturated carbocycles. The number of aromatic amines is 1. The zero-order valence-electron chi connectivity index (χ0n) is 12.3. The summed E-state index contributed by atoms with van der Waals surface area (Å²) in [6, 6.07) is 0. The van der Waals surface area contributed by atoms with E-state index in [1.165, 1.54) is 0 Å². The highest BCUT2D eigenvalue weighted by Gasteiger charge is 2.45. The molecule has 1 aliphatic heterocycles. The Morgan fingerprint density at radius 3 is 2.75 bits per heavy atom. The van der Waals surface area contributed by atoms with E-state index < -0.39 is 0 Å². The molecule has 0 bridgehead atoms. The predicted molar refractivity (Wildman–Crippen MR) is 75.5 cm³/mol. The largest absolute Gasteiger partial charge is 0.392 e. The molecule has 3 rings (SSSR count). The number of aliphatic hydroxyl groups excluding tert-OH is 1. The maximum atomic E-state index is 12.6. The van der Waals surface area contributed by atoms with Crippen molar-refractivity contribution in [3.8, 4) is 0 Å². The second-order valence-electron chi connectivity index (χ2n) is 6.40. The molecule has 1 saturated heterocycles. The molecule has 5 heteroatoms. The van der Waals surface area contributed by atoms with Gasteiger partial charge in [-0.3, -0.25) is 4.79 Å². The maximum absolute atomic E-state index is 12.6. The van der Waals surface area contributed by atoms with E-state index in [1.807, 2.05) is 18.7 Å². The second-order valence-corrected chi connectivity index (χ2v) is 6.40. The fraction of sp³-hybridized carbons (Fsp3) is 0.733. The SMILES string of the molecule is Cc1nc(C(=O)N2CCC[C@@]3(CCC[C@H]3O)C2)c(C)[nH]1. The van der Waals surface area contributed by atoms with Gasteiger partial charge in [0.05, 0.1) is 6.10 Å². The van der Waals surface area contributed by atoms with Crippen LogP contribution in [0.15, 0.2) is 0 Å². The van der Waals surface area contributed by atoms with E-state index in [2.05, 4.69) is 9.97 Å². The summed E-state index contributed by atoms with van der Waals surface area (Å²) in [5.41, 5.74) is 1.30. The van der Waals surface area contributed by atoms with E-state index in [0.29, 0.717) is 12.2 Å². The minimum absolute atomic E-state index is 0.00465. The molecule has 1 aromatic heterocycles. The average molecular weight is 277 g/mol. The van der Waals surface area contributed by atoms with Crippen molar-refractivity contribution >= 4 is 5.91 Å². The maximum Gasteiger partial charge on any atom is 0.274 e. The van der Waals surface area contributed by atoms with Gasteiger partial charge in [-0.15, -0.1) is 0 Å². The quantitative estimate of drug-likeness (QED) is 0.822. The lowest BCUT2D eigenvalue weighted by Gasteiger charge is -2.42. The standard InChI is InChI=1S/C15H23N3O2/c1-10-13(17-11(2)16-10)14(20)18-8-4-7-15(9-18)6-3-5-12(15)19/h12,19H,3-9H2,1-2H3,(H,16,17)/t12-,15+/m1/s1. The zero-order chi connectivity index (χ0) is 14.3. The van der Waals surface area contributed by atoms with E-state index in [1.54, 1.807) is 0 Å². The molecule has 0 radical (unpaired) electrons. The lowest BCUT2D eigenvalue weighted by molar-refractivity contribution is -0.00556. The molecule has 2 heterocycles. The summed E-state index contributed by atoms with van der Waals surface area (Å²) >= 11 is 0. The van der Waals surface area contributed by atoms with Crippen LogP contribution < -0.4 is 0 Å². The molecule has 1 aromatic rings. The molecular weight excluding hydrogens is 254 g/mol. The van der Waals surface area contributed by atoms with Crippen LogP contribution in [-0.4, -0.2) is 45.1 Å². The Kier molecular flexibility index (Phi) is 3.32. The van der Waals surface area contributed by atoms with E-state index in [0.717, 1.165) is 50.2 Å². The molecule has 2 fully saturated rings. The van der Waals surface area contributed by atoms with E-state index in [4.69, 9.17) is 0 Å². The zero-order valence-corrected chi connectivity index (χ0v) is 12.3. The average Bonchev–Trinajstić information content (AvgIpc) is 2.93. The fourth-order valence-electron chi connectivity index (χ4n) is 3.90. The van der Waals surface area contributed by atoms with Crippen LogP contribution in [0, 0.1) is 19.3 Å². The van der Waals surface area contributed by atoms with Crippen LogP contribution in [0.3, 0.4) is 0 Å². The Bertz CT molecular complexity index is 525. The Morgan fingerprint density at radius 2 is 2.15 bits per heavy atom. The van der Waals surface area contributed by atoms with Crippen LogP contribution in [0.5, 0.6) is 0 Å². The summed E-state index contributed by atoms with van der Waals surface area (Å²) < 4.78 is 0. The number of rotatable bonds is 1. The van der Waals surface area contributed by atoms with Gasteiger partial charge in [0.2, 0.25) is 0 Å². The highest BCUT2D eigenvalue weighted by molar-refractivity contribution is 5.93. The van der Waals surface area contributed by atoms with Gasteiger partial charge in [-0.25, -0.2) is 4.98 Å². The number of imidazole rings is 1. The van der Waals surface area contributed by atoms with Crippen molar-refractivity contribution in [3.63, 3.8) is 0 Å². The number of hydrogen-bond acceptors (Lipinski definition) is 3. The number of aliphatic hydroxyl groups is 1. The van der Waals surface area contributed by atoms with Gasteiger partial charge in [0.15, 0.2) is 0 Å². The number of piperidine rings is 1. The third kappa shape index (κ3) is 2.14. The van der Waals surface area contributed by atoms with Crippen molar-refractivity contribution in [1.82, 2.24) is 14.9 Å². The van der Waals surface area contributed by atoms with E-state index >= 15 is 0 Å². The molecule has 1 spiro atoms. The van der Waals surface area contributed by atoms with E-state index in [9.17, 15) is 9.90 Å². The molecule has 0 aromatic carbocycles. The van der Waals surface area contributed by atoms with Crippen LogP contribution in [-0.2, 0) is 0 Å². The van der Waals surface area contributed by atoms with Gasteiger partial charge in [0.1, 0.15) is 11.5 Å². The van der Waals surface area contributed by atoms with Crippen LogP contribution in [0.2, 0.25) is 0 Å². The molecule has 1 amide bonds. The number of aryl methyl sites for hydroxylation is 2. The first kappa shape index (κ1) is 13.6. The first-order valence-electron chi connectivity index (χ1n) is 7.52. The van der Waals surface area contributed by atoms with Crippen LogP contribution in [0.1, 0.15) is 54.1 Å². The van der Waals surface area contributed by atoms with Crippen molar-refractivity contribution in [2.45, 2.75) is 52.1 Å². The molecule has 2 aliphatic rings. The highest BCUT2D eigenvalue weighted by Crippen LogP contribution is 2.45. The first-order valence-corrected chi connectivity index (χ1v) is 7.52. The smallest absolute Gasteiger partial charge is 0.274 e. The van der Waals surface area contributed by atoms with Gasteiger partial charge in [-0.2, -0.15) is 0 Å². The molecule has 0 unspecified atom stereocenters. The summed E-state index contributed by atoms with van der Waals surface area (Å²) in [5, 5.41) is 10.3. The predicted octanol–water partition coefficient (Wildman–Crippen LogP) is 1.79. The second kappa shape index (κ2) is 4.88. The van der Waals surface area contributed by atoms with Crippen LogP contribution in [0.4, 0.5) is 0 Å². The molecular formula is C15H23N3O2. The number of carbonyl (C=O) groups is 1. The minimum Gasteiger partial charge on any atom is -0.392 e. The summed E-state index contributed by atoms with van der Waals surface area (Å²) in [7, 11) is 0. The molecule has 110 valence electrons. The third-order valence-electron chi connectivity index (χ3n) is 4.96. The number of hydrogen-bond donors (Lipinski definition) is 2. The summed E-state index contributed by atoms with van der Waals surface area (Å²) in [5.74, 6) is 0.781.